The van der Waals surface area contributed by atoms with E-state index in [1.165, 1.54) is 0 Å². The molecular weight excluding hydrogens is 274 g/mol. The molecule has 0 amide bonds. The van der Waals surface area contributed by atoms with Crippen LogP contribution in [0, 0.1) is 0 Å². The van der Waals surface area contributed by atoms with Crippen LogP contribution in [0.4, 0.5) is 0 Å². The number of hydrogen-bond donors (Lipinski definition) is 1. The van der Waals surface area contributed by atoms with Crippen LogP contribution in [0.1, 0.15) is 21.5 Å². The lowest BCUT2D eigenvalue weighted by Gasteiger charge is -2.06. The molecule has 20 heavy (non-hydrogen) atoms. The second-order valence-corrected chi connectivity index (χ2v) is 4.87. The first-order valence-corrected chi connectivity index (χ1v) is 6.77. The fourth-order valence-electron chi connectivity index (χ4n) is 1.79. The number of ether oxygens (including phenoxy) is 1. The Kier molecular flexibility index (Phi) is 5.16. The molecule has 0 saturated heterocycles. The number of esters is 1. The van der Waals surface area contributed by atoms with Gasteiger partial charge in [0.25, 0.3) is 0 Å². The Hall–Kier alpha value is -1.84. The summed E-state index contributed by atoms with van der Waals surface area (Å²) in [4.78, 5) is 11.9. The molecule has 0 radical (unpaired) electrons. The van der Waals surface area contributed by atoms with Gasteiger partial charge in [-0.1, -0.05) is 35.9 Å². The minimum Gasteiger partial charge on any atom is -0.457 e. The highest BCUT2D eigenvalue weighted by molar-refractivity contribution is 6.30. The summed E-state index contributed by atoms with van der Waals surface area (Å²) in [5.74, 6) is -0.334. The molecule has 2 aromatic carbocycles. The minimum atomic E-state index is -0.334. The molecule has 104 valence electrons. The molecule has 0 aromatic heterocycles. The second kappa shape index (κ2) is 7.08. The van der Waals surface area contributed by atoms with E-state index in [4.69, 9.17) is 22.1 Å². The topological polar surface area (TPSA) is 52.3 Å². The predicted molar refractivity (Wildman–Crippen MR) is 79.8 cm³/mol. The van der Waals surface area contributed by atoms with E-state index in [1.54, 1.807) is 24.3 Å². The standard InChI is InChI=1S/C16H16ClNO2/c17-15-7-3-13(4-8-15)11-20-16(19)14-5-1-12(2-6-14)9-10-18/h1-8H,9-11,18H2. The smallest absolute Gasteiger partial charge is 0.338 e. The number of benzene rings is 2. The maximum absolute atomic E-state index is 11.9. The molecule has 0 bridgehead atoms. The van der Waals surface area contributed by atoms with Crippen molar-refractivity contribution in [3.8, 4) is 0 Å². The van der Waals surface area contributed by atoms with E-state index in [1.807, 2.05) is 24.3 Å². The number of nitrogens with two attached hydrogens (primary N) is 1. The predicted octanol–water partition coefficient (Wildman–Crippen LogP) is 3.20. The van der Waals surface area contributed by atoms with Crippen molar-refractivity contribution in [1.29, 1.82) is 0 Å². The van der Waals surface area contributed by atoms with E-state index in [9.17, 15) is 4.79 Å². The molecule has 0 spiro atoms. The van der Waals surface area contributed by atoms with Gasteiger partial charge in [0.1, 0.15) is 6.61 Å². The van der Waals surface area contributed by atoms with E-state index in [2.05, 4.69) is 0 Å². The Bertz CT molecular complexity index is 564. The number of hydrogen-bond acceptors (Lipinski definition) is 3. The molecular formula is C16H16ClNO2. The molecule has 0 fully saturated rings. The lowest BCUT2D eigenvalue weighted by atomic mass is 10.1. The van der Waals surface area contributed by atoms with Crippen LogP contribution in [-0.2, 0) is 17.8 Å². The third kappa shape index (κ3) is 4.08. The summed E-state index contributed by atoms with van der Waals surface area (Å²) < 4.78 is 5.25. The highest BCUT2D eigenvalue weighted by Crippen LogP contribution is 2.12. The SMILES string of the molecule is NCCc1ccc(C(=O)OCc2ccc(Cl)cc2)cc1. The second-order valence-electron chi connectivity index (χ2n) is 4.44. The first kappa shape index (κ1) is 14.6. The first-order valence-electron chi connectivity index (χ1n) is 6.39. The molecule has 0 atom stereocenters. The maximum atomic E-state index is 11.9. The number of rotatable bonds is 5. The molecule has 0 saturated carbocycles. The Balaban J connectivity index is 1.92. The minimum absolute atomic E-state index is 0.237. The van der Waals surface area contributed by atoms with Gasteiger partial charge >= 0.3 is 5.97 Å². The van der Waals surface area contributed by atoms with Gasteiger partial charge in [0.2, 0.25) is 0 Å². The zero-order valence-corrected chi connectivity index (χ0v) is 11.8. The molecule has 0 aliphatic heterocycles. The summed E-state index contributed by atoms with van der Waals surface area (Å²) >= 11 is 5.79. The Morgan fingerprint density at radius 1 is 1.00 bits per heavy atom. The number of carbonyl (C=O) groups is 1. The Morgan fingerprint density at radius 3 is 2.20 bits per heavy atom. The van der Waals surface area contributed by atoms with Crippen molar-refractivity contribution in [2.45, 2.75) is 13.0 Å². The quantitative estimate of drug-likeness (QED) is 0.860. The monoisotopic (exact) mass is 289 g/mol. The van der Waals surface area contributed by atoms with Crippen LogP contribution >= 0.6 is 11.6 Å². The van der Waals surface area contributed by atoms with Crippen molar-refractivity contribution in [3.05, 3.63) is 70.2 Å². The molecule has 0 heterocycles. The van der Waals surface area contributed by atoms with Crippen LogP contribution in [0.3, 0.4) is 0 Å². The normalized spacial score (nSPS) is 10.3. The van der Waals surface area contributed by atoms with Crippen molar-refractivity contribution >= 4 is 17.6 Å². The highest BCUT2D eigenvalue weighted by Gasteiger charge is 2.07. The van der Waals surface area contributed by atoms with Gasteiger partial charge in [0.15, 0.2) is 0 Å². The van der Waals surface area contributed by atoms with E-state index >= 15 is 0 Å². The fourth-order valence-corrected chi connectivity index (χ4v) is 1.91. The van der Waals surface area contributed by atoms with Crippen LogP contribution in [-0.4, -0.2) is 12.5 Å². The van der Waals surface area contributed by atoms with Crippen LogP contribution in [0.2, 0.25) is 5.02 Å². The van der Waals surface area contributed by atoms with E-state index in [-0.39, 0.29) is 12.6 Å². The van der Waals surface area contributed by atoms with Gasteiger partial charge in [-0.05, 0) is 48.4 Å². The van der Waals surface area contributed by atoms with E-state index in [0.717, 1.165) is 17.5 Å². The lowest BCUT2D eigenvalue weighted by Crippen LogP contribution is -2.06. The van der Waals surface area contributed by atoms with Crippen molar-refractivity contribution in [2.75, 3.05) is 6.54 Å². The Morgan fingerprint density at radius 2 is 1.60 bits per heavy atom. The zero-order chi connectivity index (χ0) is 14.4. The first-order chi connectivity index (χ1) is 9.69. The highest BCUT2D eigenvalue weighted by atomic mass is 35.5. The van der Waals surface area contributed by atoms with Crippen LogP contribution in [0.15, 0.2) is 48.5 Å². The summed E-state index contributed by atoms with van der Waals surface area (Å²) in [5, 5.41) is 0.663. The molecule has 4 heteroatoms. The summed E-state index contributed by atoms with van der Waals surface area (Å²) in [7, 11) is 0. The van der Waals surface area contributed by atoms with Crippen molar-refractivity contribution in [2.24, 2.45) is 5.73 Å². The summed E-state index contributed by atoms with van der Waals surface area (Å²) in [6, 6.07) is 14.5. The van der Waals surface area contributed by atoms with Crippen molar-refractivity contribution in [1.82, 2.24) is 0 Å². The molecule has 2 aromatic rings. The van der Waals surface area contributed by atoms with Crippen LogP contribution in [0.25, 0.3) is 0 Å². The van der Waals surface area contributed by atoms with Gasteiger partial charge in [-0.2, -0.15) is 0 Å². The van der Waals surface area contributed by atoms with Gasteiger partial charge in [-0.25, -0.2) is 4.79 Å². The lowest BCUT2D eigenvalue weighted by molar-refractivity contribution is 0.0472. The molecule has 2 rings (SSSR count). The molecule has 2 N–H and O–H groups in total. The average Bonchev–Trinajstić information content (AvgIpc) is 2.47. The summed E-state index contributed by atoms with van der Waals surface area (Å²) in [5.41, 5.74) is 8.04. The Labute approximate surface area is 123 Å². The fraction of sp³-hybridized carbons (Fsp3) is 0.188. The summed E-state index contributed by atoms with van der Waals surface area (Å²) in [6.07, 6.45) is 0.806. The van der Waals surface area contributed by atoms with Gasteiger partial charge in [0.05, 0.1) is 5.56 Å². The van der Waals surface area contributed by atoms with Crippen LogP contribution in [0.5, 0.6) is 0 Å². The van der Waals surface area contributed by atoms with Gasteiger partial charge < -0.3 is 10.5 Å². The molecule has 0 aliphatic rings. The largest absolute Gasteiger partial charge is 0.457 e. The van der Waals surface area contributed by atoms with Gasteiger partial charge in [-0.15, -0.1) is 0 Å². The molecule has 0 unspecified atom stereocenters. The average molecular weight is 290 g/mol. The van der Waals surface area contributed by atoms with Crippen molar-refractivity contribution in [3.63, 3.8) is 0 Å². The number of halogens is 1. The van der Waals surface area contributed by atoms with Gasteiger partial charge in [0, 0.05) is 5.02 Å². The zero-order valence-electron chi connectivity index (χ0n) is 11.0. The van der Waals surface area contributed by atoms with E-state index < -0.39 is 0 Å². The third-order valence-electron chi connectivity index (χ3n) is 2.91. The van der Waals surface area contributed by atoms with E-state index in [0.29, 0.717) is 17.1 Å². The van der Waals surface area contributed by atoms with Crippen LogP contribution < -0.4 is 5.73 Å². The van der Waals surface area contributed by atoms with Crippen molar-refractivity contribution < 1.29 is 9.53 Å². The molecule has 3 nitrogen and oxygen atoms in total. The number of carbonyl (C=O) groups excluding carboxylic acids is 1. The third-order valence-corrected chi connectivity index (χ3v) is 3.16. The van der Waals surface area contributed by atoms with Gasteiger partial charge in [-0.3, -0.25) is 0 Å². The molecule has 0 aliphatic carbocycles. The maximum Gasteiger partial charge on any atom is 0.338 e. The summed E-state index contributed by atoms with van der Waals surface area (Å²) in [6.45, 7) is 0.834.